The molecular weight excluding hydrogens is 256 g/mol. The van der Waals surface area contributed by atoms with Crippen molar-refractivity contribution in [3.8, 4) is 6.07 Å². The van der Waals surface area contributed by atoms with Crippen molar-refractivity contribution < 1.29 is 4.92 Å². The van der Waals surface area contributed by atoms with E-state index in [1.54, 1.807) is 18.0 Å². The van der Waals surface area contributed by atoms with E-state index >= 15 is 0 Å². The molecule has 0 heterocycles. The smallest absolute Gasteiger partial charge is 0.292 e. The van der Waals surface area contributed by atoms with E-state index in [1.165, 1.54) is 12.1 Å². The zero-order valence-corrected chi connectivity index (χ0v) is 12.0. The van der Waals surface area contributed by atoms with Crippen LogP contribution in [0.5, 0.6) is 0 Å². The maximum Gasteiger partial charge on any atom is 0.292 e. The third-order valence-corrected chi connectivity index (χ3v) is 3.37. The SMILES string of the molecule is CC(C)C(N)CCN(C)c1cc(C#N)ccc1[N+](=O)[O-]. The molecule has 6 nitrogen and oxygen atoms in total. The van der Waals surface area contributed by atoms with E-state index in [1.807, 2.05) is 19.9 Å². The van der Waals surface area contributed by atoms with E-state index in [9.17, 15) is 10.1 Å². The van der Waals surface area contributed by atoms with E-state index < -0.39 is 4.92 Å². The molecule has 20 heavy (non-hydrogen) atoms. The van der Waals surface area contributed by atoms with Crippen LogP contribution in [-0.2, 0) is 0 Å². The van der Waals surface area contributed by atoms with Gasteiger partial charge in [0.15, 0.2) is 0 Å². The normalized spacial score (nSPS) is 12.0. The molecule has 0 radical (unpaired) electrons. The van der Waals surface area contributed by atoms with Crippen LogP contribution in [-0.4, -0.2) is 24.6 Å². The number of nitrogens with two attached hydrogens (primary N) is 1. The van der Waals surface area contributed by atoms with Crippen LogP contribution in [0.2, 0.25) is 0 Å². The Bertz CT molecular complexity index is 522. The first-order chi connectivity index (χ1) is 9.36. The van der Waals surface area contributed by atoms with Crippen LogP contribution in [0.4, 0.5) is 11.4 Å². The second kappa shape index (κ2) is 6.87. The predicted octanol–water partition coefficient (Wildman–Crippen LogP) is 2.28. The van der Waals surface area contributed by atoms with Gasteiger partial charge in [0.05, 0.1) is 16.6 Å². The molecule has 0 aliphatic heterocycles. The summed E-state index contributed by atoms with van der Waals surface area (Å²) < 4.78 is 0. The average Bonchev–Trinajstić information content (AvgIpc) is 2.43. The van der Waals surface area contributed by atoms with Crippen molar-refractivity contribution in [2.24, 2.45) is 11.7 Å². The lowest BCUT2D eigenvalue weighted by molar-refractivity contribution is -0.384. The summed E-state index contributed by atoms with van der Waals surface area (Å²) >= 11 is 0. The van der Waals surface area contributed by atoms with Crippen LogP contribution in [0, 0.1) is 27.4 Å². The Hall–Kier alpha value is -2.13. The molecule has 1 unspecified atom stereocenters. The highest BCUT2D eigenvalue weighted by Crippen LogP contribution is 2.28. The number of rotatable bonds is 6. The summed E-state index contributed by atoms with van der Waals surface area (Å²) in [6, 6.07) is 6.41. The minimum Gasteiger partial charge on any atom is -0.369 e. The maximum absolute atomic E-state index is 11.0. The molecule has 1 aromatic carbocycles. The van der Waals surface area contributed by atoms with Crippen molar-refractivity contribution >= 4 is 11.4 Å². The number of benzene rings is 1. The van der Waals surface area contributed by atoms with Gasteiger partial charge in [0, 0.05) is 25.7 Å². The predicted molar refractivity (Wildman–Crippen MR) is 78.5 cm³/mol. The van der Waals surface area contributed by atoms with Crippen molar-refractivity contribution in [2.75, 3.05) is 18.5 Å². The molecule has 0 aliphatic carbocycles. The Morgan fingerprint density at radius 1 is 1.50 bits per heavy atom. The Labute approximate surface area is 118 Å². The first-order valence-corrected chi connectivity index (χ1v) is 6.52. The van der Waals surface area contributed by atoms with E-state index in [-0.39, 0.29) is 11.7 Å². The Morgan fingerprint density at radius 2 is 2.15 bits per heavy atom. The molecule has 2 N–H and O–H groups in total. The largest absolute Gasteiger partial charge is 0.369 e. The van der Waals surface area contributed by atoms with Gasteiger partial charge in [-0.1, -0.05) is 13.8 Å². The molecule has 0 saturated heterocycles. The molecule has 0 spiro atoms. The maximum atomic E-state index is 11.0. The summed E-state index contributed by atoms with van der Waals surface area (Å²) in [7, 11) is 1.77. The van der Waals surface area contributed by atoms with E-state index in [2.05, 4.69) is 0 Å². The van der Waals surface area contributed by atoms with Gasteiger partial charge >= 0.3 is 0 Å². The number of nitrogens with zero attached hydrogens (tertiary/aromatic N) is 3. The van der Waals surface area contributed by atoms with Crippen molar-refractivity contribution in [1.29, 1.82) is 5.26 Å². The van der Waals surface area contributed by atoms with Crippen molar-refractivity contribution in [3.63, 3.8) is 0 Å². The zero-order chi connectivity index (χ0) is 15.3. The summed E-state index contributed by atoms with van der Waals surface area (Å²) in [5.74, 6) is 0.365. The van der Waals surface area contributed by atoms with Gasteiger partial charge in [0.25, 0.3) is 5.69 Å². The van der Waals surface area contributed by atoms with Crippen molar-refractivity contribution in [2.45, 2.75) is 26.3 Å². The Balaban J connectivity index is 2.93. The lowest BCUT2D eigenvalue weighted by Gasteiger charge is -2.23. The molecule has 1 atom stereocenters. The molecule has 0 aromatic heterocycles. The molecular formula is C14H20N4O2. The van der Waals surface area contributed by atoms with Crippen molar-refractivity contribution in [3.05, 3.63) is 33.9 Å². The molecule has 0 fully saturated rings. The van der Waals surface area contributed by atoms with Crippen LogP contribution in [0.1, 0.15) is 25.8 Å². The van der Waals surface area contributed by atoms with E-state index in [4.69, 9.17) is 11.0 Å². The second-order valence-electron chi connectivity index (χ2n) is 5.19. The number of hydrogen-bond donors (Lipinski definition) is 1. The first-order valence-electron chi connectivity index (χ1n) is 6.52. The lowest BCUT2D eigenvalue weighted by Crippen LogP contribution is -2.32. The molecule has 0 bridgehead atoms. The summed E-state index contributed by atoms with van der Waals surface area (Å²) in [6.07, 6.45) is 0.738. The number of nitro groups is 1. The number of nitriles is 1. The van der Waals surface area contributed by atoms with E-state index in [0.717, 1.165) is 6.42 Å². The van der Waals surface area contributed by atoms with Gasteiger partial charge in [0.1, 0.15) is 5.69 Å². The Kier molecular flexibility index (Phi) is 5.47. The number of anilines is 1. The van der Waals surface area contributed by atoms with Crippen molar-refractivity contribution in [1.82, 2.24) is 0 Å². The standard InChI is InChI=1S/C14H20N4O2/c1-10(2)12(16)6-7-17(3)14-8-11(9-15)4-5-13(14)18(19)20/h4-5,8,10,12H,6-7,16H2,1-3H3. The molecule has 0 aliphatic rings. The fourth-order valence-corrected chi connectivity index (χ4v) is 1.85. The molecule has 108 valence electrons. The number of nitro benzene ring substituents is 1. The summed E-state index contributed by atoms with van der Waals surface area (Å²) in [6.45, 7) is 4.70. The minimum atomic E-state index is -0.435. The fourth-order valence-electron chi connectivity index (χ4n) is 1.85. The van der Waals surface area contributed by atoms with Gasteiger partial charge in [-0.05, 0) is 24.5 Å². The van der Waals surface area contributed by atoms with Crippen LogP contribution < -0.4 is 10.6 Å². The highest BCUT2D eigenvalue weighted by atomic mass is 16.6. The van der Waals surface area contributed by atoms with Gasteiger partial charge < -0.3 is 10.6 Å². The minimum absolute atomic E-state index is 0.00428. The van der Waals surface area contributed by atoms with Gasteiger partial charge in [-0.15, -0.1) is 0 Å². The average molecular weight is 276 g/mol. The quantitative estimate of drug-likeness (QED) is 0.635. The van der Waals surface area contributed by atoms with Crippen LogP contribution >= 0.6 is 0 Å². The first kappa shape index (κ1) is 15.9. The van der Waals surface area contributed by atoms with Gasteiger partial charge in [0.2, 0.25) is 0 Å². The molecule has 0 saturated carbocycles. The monoisotopic (exact) mass is 276 g/mol. The summed E-state index contributed by atoms with van der Waals surface area (Å²) in [4.78, 5) is 12.4. The van der Waals surface area contributed by atoms with Crippen LogP contribution in [0.15, 0.2) is 18.2 Å². The summed E-state index contributed by atoms with van der Waals surface area (Å²) in [5, 5.41) is 19.9. The molecule has 0 amide bonds. The lowest BCUT2D eigenvalue weighted by atomic mass is 10.0. The summed E-state index contributed by atoms with van der Waals surface area (Å²) in [5.41, 5.74) is 6.85. The molecule has 6 heteroatoms. The van der Waals surface area contributed by atoms with Crippen LogP contribution in [0.3, 0.4) is 0 Å². The fraction of sp³-hybridized carbons (Fsp3) is 0.500. The topological polar surface area (TPSA) is 96.2 Å². The van der Waals surface area contributed by atoms with Gasteiger partial charge in [-0.3, -0.25) is 10.1 Å². The molecule has 1 rings (SSSR count). The molecule has 1 aromatic rings. The third-order valence-electron chi connectivity index (χ3n) is 3.37. The highest BCUT2D eigenvalue weighted by molar-refractivity contribution is 5.65. The third kappa shape index (κ3) is 3.93. The van der Waals surface area contributed by atoms with Gasteiger partial charge in [-0.2, -0.15) is 5.26 Å². The number of hydrogen-bond acceptors (Lipinski definition) is 5. The highest BCUT2D eigenvalue weighted by Gasteiger charge is 2.18. The Morgan fingerprint density at radius 3 is 2.65 bits per heavy atom. The zero-order valence-electron chi connectivity index (χ0n) is 12.0. The van der Waals surface area contributed by atoms with Gasteiger partial charge in [-0.25, -0.2) is 0 Å². The van der Waals surface area contributed by atoms with Crippen LogP contribution in [0.25, 0.3) is 0 Å². The van der Waals surface area contributed by atoms with E-state index in [0.29, 0.717) is 23.7 Å². The second-order valence-corrected chi connectivity index (χ2v) is 5.19.